The molecule has 1 saturated heterocycles. The molecule has 1 fully saturated rings. The first-order chi connectivity index (χ1) is 16.5. The minimum Gasteiger partial charge on any atom is -0.618 e. The van der Waals surface area contributed by atoms with Gasteiger partial charge < -0.3 is 14.7 Å². The number of halogens is 3. The zero-order valence-corrected chi connectivity index (χ0v) is 18.3. The van der Waals surface area contributed by atoms with Crippen molar-refractivity contribution in [2.24, 2.45) is 0 Å². The Labute approximate surface area is 194 Å². The van der Waals surface area contributed by atoms with Gasteiger partial charge >= 0.3 is 0 Å². The van der Waals surface area contributed by atoms with Crippen LogP contribution in [0.25, 0.3) is 21.9 Å². The van der Waals surface area contributed by atoms with Crippen LogP contribution >= 0.6 is 0 Å². The van der Waals surface area contributed by atoms with Crippen molar-refractivity contribution >= 4 is 10.8 Å². The zero-order chi connectivity index (χ0) is 23.7. The second kappa shape index (κ2) is 9.35. The molecule has 0 saturated carbocycles. The maximum Gasteiger partial charge on any atom is 0.204 e. The highest BCUT2D eigenvalue weighted by molar-refractivity contribution is 5.99. The molecule has 0 N–H and O–H groups in total. The highest BCUT2D eigenvalue weighted by Crippen LogP contribution is 2.40. The molecule has 2 heterocycles. The topological polar surface area (TPSA) is 45.4 Å². The molecule has 5 rings (SSSR count). The lowest BCUT2D eigenvalue weighted by Crippen LogP contribution is -2.36. The van der Waals surface area contributed by atoms with Gasteiger partial charge in [0.2, 0.25) is 5.69 Å². The third-order valence-corrected chi connectivity index (χ3v) is 6.17. The lowest BCUT2D eigenvalue weighted by molar-refractivity contribution is -0.613. The van der Waals surface area contributed by atoms with E-state index in [9.17, 15) is 18.4 Å². The summed E-state index contributed by atoms with van der Waals surface area (Å²) in [7, 11) is 0. The average Bonchev–Trinajstić information content (AvgIpc) is 2.85. The van der Waals surface area contributed by atoms with Gasteiger partial charge in [-0.1, -0.05) is 36.4 Å². The van der Waals surface area contributed by atoms with E-state index in [2.05, 4.69) is 0 Å². The zero-order valence-electron chi connectivity index (χ0n) is 18.3. The average molecular weight is 465 g/mol. The fourth-order valence-electron chi connectivity index (χ4n) is 4.53. The molecule has 7 heteroatoms. The number of benzene rings is 3. The minimum absolute atomic E-state index is 0.171. The van der Waals surface area contributed by atoms with E-state index < -0.39 is 17.5 Å². The molecule has 1 aromatic heterocycles. The van der Waals surface area contributed by atoms with Gasteiger partial charge in [0.05, 0.1) is 16.9 Å². The van der Waals surface area contributed by atoms with Crippen LogP contribution in [-0.2, 0) is 11.3 Å². The summed E-state index contributed by atoms with van der Waals surface area (Å²) in [6, 6.07) is 15.4. The number of nitrogens with zero attached hydrogens (tertiary/aromatic N) is 1. The van der Waals surface area contributed by atoms with E-state index in [1.807, 2.05) is 30.3 Å². The molecule has 0 aliphatic carbocycles. The van der Waals surface area contributed by atoms with Crippen molar-refractivity contribution < 1.29 is 27.4 Å². The summed E-state index contributed by atoms with van der Waals surface area (Å²) in [4.78, 5) is 0. The van der Waals surface area contributed by atoms with E-state index in [1.54, 1.807) is 0 Å². The molecular weight excluding hydrogens is 443 g/mol. The Hall–Kier alpha value is -3.58. The van der Waals surface area contributed by atoms with Crippen molar-refractivity contribution in [1.82, 2.24) is 0 Å². The van der Waals surface area contributed by atoms with Crippen LogP contribution in [0.3, 0.4) is 0 Å². The predicted octanol–water partition coefficient (Wildman–Crippen LogP) is 6.03. The number of hydrogen-bond donors (Lipinski definition) is 0. The SMILES string of the molecule is [O-][n+]1cc2c(OCc3ccccc3)cc(F)cc2c(-c2ccc(F)c(F)c2)c1C1CCOCC1. The quantitative estimate of drug-likeness (QED) is 0.267. The Bertz CT molecular complexity index is 1340. The fraction of sp³-hybridized carbons (Fsp3) is 0.222. The molecule has 0 unspecified atom stereocenters. The monoisotopic (exact) mass is 465 g/mol. The van der Waals surface area contributed by atoms with E-state index in [0.717, 1.165) is 22.4 Å². The van der Waals surface area contributed by atoms with Crippen molar-refractivity contribution in [3.05, 3.63) is 101 Å². The summed E-state index contributed by atoms with van der Waals surface area (Å²) in [5, 5.41) is 14.1. The van der Waals surface area contributed by atoms with Crippen LogP contribution in [0.4, 0.5) is 13.2 Å². The number of aromatic nitrogens is 1. The van der Waals surface area contributed by atoms with Gasteiger partial charge in [0.1, 0.15) is 18.2 Å². The Morgan fingerprint density at radius 3 is 2.41 bits per heavy atom. The number of pyridine rings is 1. The van der Waals surface area contributed by atoms with Crippen LogP contribution in [0.1, 0.15) is 30.0 Å². The Morgan fingerprint density at radius 1 is 0.912 bits per heavy atom. The van der Waals surface area contributed by atoms with Gasteiger partial charge in [0.15, 0.2) is 17.8 Å². The second-order valence-corrected chi connectivity index (χ2v) is 8.37. The van der Waals surface area contributed by atoms with Crippen molar-refractivity contribution in [3.8, 4) is 16.9 Å². The van der Waals surface area contributed by atoms with Crippen LogP contribution in [0.5, 0.6) is 5.75 Å². The number of ether oxygens (including phenoxy) is 2. The van der Waals surface area contributed by atoms with Gasteiger partial charge in [-0.15, -0.1) is 0 Å². The summed E-state index contributed by atoms with van der Waals surface area (Å²) < 4.78 is 54.9. The number of fused-ring (bicyclic) bond motifs is 1. The molecule has 0 amide bonds. The third-order valence-electron chi connectivity index (χ3n) is 6.17. The van der Waals surface area contributed by atoms with Gasteiger partial charge in [-0.25, -0.2) is 13.2 Å². The molecule has 0 bridgehead atoms. The normalized spacial score (nSPS) is 14.4. The standard InChI is InChI=1S/C27H22F3NO3/c28-20-13-21-22(25(14-20)34-16-17-4-2-1-3-5-17)15-31(32)27(18-8-10-33-11-9-18)26(21)19-6-7-23(29)24(30)12-19/h1-7,12-15,18H,8-11,16H2. The molecule has 1 aliphatic heterocycles. The van der Waals surface area contributed by atoms with Gasteiger partial charge in [0.25, 0.3) is 0 Å². The maximum atomic E-state index is 14.8. The molecule has 0 spiro atoms. The maximum absolute atomic E-state index is 14.8. The Balaban J connectivity index is 1.72. The van der Waals surface area contributed by atoms with Crippen molar-refractivity contribution in [3.63, 3.8) is 0 Å². The summed E-state index contributed by atoms with van der Waals surface area (Å²) in [6.07, 6.45) is 2.57. The predicted molar refractivity (Wildman–Crippen MR) is 122 cm³/mol. The number of hydrogen-bond acceptors (Lipinski definition) is 3. The van der Waals surface area contributed by atoms with Gasteiger partial charge in [-0.05, 0) is 42.2 Å². The van der Waals surface area contributed by atoms with Crippen molar-refractivity contribution in [1.29, 1.82) is 0 Å². The molecule has 0 atom stereocenters. The molecule has 174 valence electrons. The van der Waals surface area contributed by atoms with Crippen molar-refractivity contribution in [2.75, 3.05) is 13.2 Å². The first kappa shape index (κ1) is 22.2. The first-order valence-corrected chi connectivity index (χ1v) is 11.1. The van der Waals surface area contributed by atoms with Crippen LogP contribution in [0.15, 0.2) is 66.9 Å². The molecule has 4 nitrogen and oxygen atoms in total. The molecule has 3 aromatic carbocycles. The fourth-order valence-corrected chi connectivity index (χ4v) is 4.53. The summed E-state index contributed by atoms with van der Waals surface area (Å²) >= 11 is 0. The van der Waals surface area contributed by atoms with Gasteiger partial charge in [-0.2, -0.15) is 4.73 Å². The smallest absolute Gasteiger partial charge is 0.204 e. The highest BCUT2D eigenvalue weighted by atomic mass is 19.2. The first-order valence-electron chi connectivity index (χ1n) is 11.1. The van der Waals surface area contributed by atoms with Crippen LogP contribution in [0.2, 0.25) is 0 Å². The lowest BCUT2D eigenvalue weighted by Gasteiger charge is -2.24. The minimum atomic E-state index is -1.04. The van der Waals surface area contributed by atoms with E-state index in [0.29, 0.717) is 53.6 Å². The summed E-state index contributed by atoms with van der Waals surface area (Å²) in [6.45, 7) is 1.14. The van der Waals surface area contributed by atoms with Crippen LogP contribution in [-0.4, -0.2) is 13.2 Å². The van der Waals surface area contributed by atoms with Gasteiger partial charge in [0, 0.05) is 24.7 Å². The third kappa shape index (κ3) is 4.31. The Kier molecular flexibility index (Phi) is 6.11. The van der Waals surface area contributed by atoms with E-state index in [1.165, 1.54) is 24.4 Å². The molecule has 34 heavy (non-hydrogen) atoms. The van der Waals surface area contributed by atoms with Crippen LogP contribution in [0, 0.1) is 22.7 Å². The molecule has 0 radical (unpaired) electrons. The molecule has 1 aliphatic rings. The molecule has 4 aromatic rings. The van der Waals surface area contributed by atoms with Crippen molar-refractivity contribution in [2.45, 2.75) is 25.4 Å². The lowest BCUT2D eigenvalue weighted by atomic mass is 9.87. The van der Waals surface area contributed by atoms with E-state index in [-0.39, 0.29) is 18.3 Å². The van der Waals surface area contributed by atoms with E-state index in [4.69, 9.17) is 9.47 Å². The second-order valence-electron chi connectivity index (χ2n) is 8.37. The Morgan fingerprint density at radius 2 is 1.68 bits per heavy atom. The largest absolute Gasteiger partial charge is 0.618 e. The van der Waals surface area contributed by atoms with E-state index >= 15 is 0 Å². The molecular formula is C27H22F3NO3. The van der Waals surface area contributed by atoms with Gasteiger partial charge in [-0.3, -0.25) is 0 Å². The summed E-state index contributed by atoms with van der Waals surface area (Å²) in [5.74, 6) is -2.56. The summed E-state index contributed by atoms with van der Waals surface area (Å²) in [5.41, 5.74) is 1.95. The highest BCUT2D eigenvalue weighted by Gasteiger charge is 2.30. The number of rotatable bonds is 5. The van der Waals surface area contributed by atoms with Crippen LogP contribution < -0.4 is 9.47 Å².